The van der Waals surface area contributed by atoms with E-state index < -0.39 is 0 Å². The molecule has 4 rings (SSSR count). The molecule has 0 unspecified atom stereocenters. The predicted molar refractivity (Wildman–Crippen MR) is 99.6 cm³/mol. The number of rotatable bonds is 1. The first-order chi connectivity index (χ1) is 10.8. The van der Waals surface area contributed by atoms with Crippen LogP contribution in [-0.2, 0) is 0 Å². The summed E-state index contributed by atoms with van der Waals surface area (Å²) in [6.45, 7) is 0. The molecule has 2 heteroatoms. The molecule has 0 spiro atoms. The number of hydrogen-bond donors (Lipinski definition) is 0. The molecule has 0 aliphatic carbocycles. The van der Waals surface area contributed by atoms with Crippen LogP contribution >= 0.6 is 27.5 Å². The Bertz CT molecular complexity index is 1000. The van der Waals surface area contributed by atoms with Gasteiger partial charge in [-0.2, -0.15) is 0 Å². The van der Waals surface area contributed by atoms with Crippen molar-refractivity contribution in [1.82, 2.24) is 0 Å². The van der Waals surface area contributed by atoms with E-state index in [0.29, 0.717) is 0 Å². The van der Waals surface area contributed by atoms with Gasteiger partial charge in [-0.1, -0.05) is 78.3 Å². The van der Waals surface area contributed by atoms with E-state index in [0.717, 1.165) is 15.1 Å². The molecule has 0 atom stereocenters. The summed E-state index contributed by atoms with van der Waals surface area (Å²) in [4.78, 5) is 0. The second-order valence-electron chi connectivity index (χ2n) is 5.30. The second kappa shape index (κ2) is 5.42. The molecule has 0 aliphatic rings. The van der Waals surface area contributed by atoms with Gasteiger partial charge in [-0.3, -0.25) is 0 Å². The molecular formula is C20H12BrCl. The van der Waals surface area contributed by atoms with Gasteiger partial charge in [0, 0.05) is 10.0 Å². The summed E-state index contributed by atoms with van der Waals surface area (Å²) in [5.41, 5.74) is 2.25. The van der Waals surface area contributed by atoms with Crippen molar-refractivity contribution in [2.75, 3.05) is 0 Å². The molecule has 106 valence electrons. The Labute approximate surface area is 142 Å². The van der Waals surface area contributed by atoms with E-state index in [4.69, 9.17) is 11.6 Å². The molecule has 0 aromatic heterocycles. The first-order valence-electron chi connectivity index (χ1n) is 7.10. The minimum atomic E-state index is 0.759. The van der Waals surface area contributed by atoms with Gasteiger partial charge in [0.05, 0.1) is 5.02 Å². The van der Waals surface area contributed by atoms with Crippen LogP contribution in [0.15, 0.2) is 77.3 Å². The standard InChI is InChI=1S/C20H12BrCl/c21-18-12-14-7-2-4-10-16(14)19(20(18)22)17-11-5-8-13-6-1-3-9-15(13)17/h1-12H. The lowest BCUT2D eigenvalue weighted by molar-refractivity contribution is 1.65. The fourth-order valence-electron chi connectivity index (χ4n) is 2.99. The zero-order valence-electron chi connectivity index (χ0n) is 11.7. The average Bonchev–Trinajstić information content (AvgIpc) is 2.56. The number of fused-ring (bicyclic) bond motifs is 2. The van der Waals surface area contributed by atoms with Crippen molar-refractivity contribution in [3.8, 4) is 11.1 Å². The molecule has 0 N–H and O–H groups in total. The smallest absolute Gasteiger partial charge is 0.0633 e. The minimum absolute atomic E-state index is 0.759. The van der Waals surface area contributed by atoms with Crippen LogP contribution in [0.2, 0.25) is 5.02 Å². The minimum Gasteiger partial charge on any atom is -0.0824 e. The summed E-state index contributed by atoms with van der Waals surface area (Å²) in [5.74, 6) is 0. The Morgan fingerprint density at radius 2 is 1.32 bits per heavy atom. The van der Waals surface area contributed by atoms with Gasteiger partial charge in [0.2, 0.25) is 0 Å². The molecule has 0 heterocycles. The third-order valence-electron chi connectivity index (χ3n) is 4.00. The molecule has 4 aromatic rings. The number of hydrogen-bond acceptors (Lipinski definition) is 0. The zero-order chi connectivity index (χ0) is 15.1. The largest absolute Gasteiger partial charge is 0.0824 e. The summed E-state index contributed by atoms with van der Waals surface area (Å²) in [5, 5.41) is 5.55. The van der Waals surface area contributed by atoms with Crippen LogP contribution in [0.1, 0.15) is 0 Å². The van der Waals surface area contributed by atoms with Crippen molar-refractivity contribution in [3.63, 3.8) is 0 Å². The van der Waals surface area contributed by atoms with Crippen LogP contribution in [0, 0.1) is 0 Å². The highest BCUT2D eigenvalue weighted by atomic mass is 79.9. The molecule has 22 heavy (non-hydrogen) atoms. The van der Waals surface area contributed by atoms with Gasteiger partial charge in [0.15, 0.2) is 0 Å². The lowest BCUT2D eigenvalue weighted by atomic mass is 9.94. The molecule has 0 radical (unpaired) electrons. The quantitative estimate of drug-likeness (QED) is 0.337. The molecule has 0 saturated heterocycles. The SMILES string of the molecule is Clc1c(Br)cc2ccccc2c1-c1cccc2ccccc12. The fraction of sp³-hybridized carbons (Fsp3) is 0. The van der Waals surface area contributed by atoms with Crippen molar-refractivity contribution in [2.24, 2.45) is 0 Å². The lowest BCUT2D eigenvalue weighted by Crippen LogP contribution is -1.87. The highest BCUT2D eigenvalue weighted by Gasteiger charge is 2.14. The van der Waals surface area contributed by atoms with E-state index in [-0.39, 0.29) is 0 Å². The van der Waals surface area contributed by atoms with Crippen LogP contribution in [0.4, 0.5) is 0 Å². The van der Waals surface area contributed by atoms with Crippen LogP contribution in [0.25, 0.3) is 32.7 Å². The van der Waals surface area contributed by atoms with Gasteiger partial charge in [0.25, 0.3) is 0 Å². The molecule has 0 bridgehead atoms. The van der Waals surface area contributed by atoms with Crippen molar-refractivity contribution in [1.29, 1.82) is 0 Å². The molecule has 0 fully saturated rings. The molecule has 4 aromatic carbocycles. The Morgan fingerprint density at radius 3 is 2.14 bits per heavy atom. The first kappa shape index (κ1) is 13.8. The molecule has 0 saturated carbocycles. The van der Waals surface area contributed by atoms with Crippen molar-refractivity contribution in [3.05, 3.63) is 82.3 Å². The molecular weight excluding hydrogens is 356 g/mol. The Kier molecular flexibility index (Phi) is 3.40. The van der Waals surface area contributed by atoms with Gasteiger partial charge in [-0.25, -0.2) is 0 Å². The zero-order valence-corrected chi connectivity index (χ0v) is 14.0. The van der Waals surface area contributed by atoms with E-state index >= 15 is 0 Å². The van der Waals surface area contributed by atoms with Gasteiger partial charge in [0.1, 0.15) is 0 Å². The van der Waals surface area contributed by atoms with E-state index in [1.165, 1.54) is 27.1 Å². The van der Waals surface area contributed by atoms with Crippen LogP contribution in [0.3, 0.4) is 0 Å². The summed E-state index contributed by atoms with van der Waals surface area (Å²) in [6.07, 6.45) is 0. The number of benzene rings is 4. The van der Waals surface area contributed by atoms with Crippen LogP contribution in [0.5, 0.6) is 0 Å². The maximum atomic E-state index is 6.66. The fourth-order valence-corrected chi connectivity index (χ4v) is 3.70. The maximum absolute atomic E-state index is 6.66. The van der Waals surface area contributed by atoms with Crippen molar-refractivity contribution >= 4 is 49.1 Å². The van der Waals surface area contributed by atoms with E-state index in [9.17, 15) is 0 Å². The van der Waals surface area contributed by atoms with Gasteiger partial charge < -0.3 is 0 Å². The van der Waals surface area contributed by atoms with Crippen LogP contribution in [-0.4, -0.2) is 0 Å². The predicted octanol–water partition coefficient (Wildman–Crippen LogP) is 7.08. The summed E-state index contributed by atoms with van der Waals surface area (Å²) >= 11 is 10.3. The normalized spacial score (nSPS) is 11.2. The van der Waals surface area contributed by atoms with Crippen molar-refractivity contribution in [2.45, 2.75) is 0 Å². The Balaban J connectivity index is 2.19. The number of halogens is 2. The van der Waals surface area contributed by atoms with Gasteiger partial charge in [-0.15, -0.1) is 0 Å². The second-order valence-corrected chi connectivity index (χ2v) is 6.53. The summed E-state index contributed by atoms with van der Waals surface area (Å²) < 4.78 is 0.927. The Morgan fingerprint density at radius 1 is 0.682 bits per heavy atom. The Hall–Kier alpha value is -1.83. The average molecular weight is 368 g/mol. The van der Waals surface area contributed by atoms with Crippen LogP contribution < -0.4 is 0 Å². The van der Waals surface area contributed by atoms with Gasteiger partial charge in [-0.05, 0) is 49.1 Å². The van der Waals surface area contributed by atoms with E-state index in [1.807, 2.05) is 0 Å². The lowest BCUT2D eigenvalue weighted by Gasteiger charge is -2.13. The first-order valence-corrected chi connectivity index (χ1v) is 8.27. The summed E-state index contributed by atoms with van der Waals surface area (Å²) in [7, 11) is 0. The highest BCUT2D eigenvalue weighted by molar-refractivity contribution is 9.10. The van der Waals surface area contributed by atoms with Crippen molar-refractivity contribution < 1.29 is 0 Å². The monoisotopic (exact) mass is 366 g/mol. The highest BCUT2D eigenvalue weighted by Crippen LogP contribution is 2.42. The van der Waals surface area contributed by atoms with Gasteiger partial charge >= 0.3 is 0 Å². The summed E-state index contributed by atoms with van der Waals surface area (Å²) in [6, 6.07) is 25.2. The molecule has 0 aliphatic heterocycles. The van der Waals surface area contributed by atoms with E-state index in [1.54, 1.807) is 0 Å². The van der Waals surface area contributed by atoms with E-state index in [2.05, 4.69) is 88.7 Å². The topological polar surface area (TPSA) is 0 Å². The molecule has 0 nitrogen and oxygen atoms in total. The third-order valence-corrected chi connectivity index (χ3v) is 5.25. The molecule has 0 amide bonds. The third kappa shape index (κ3) is 2.13. The maximum Gasteiger partial charge on any atom is 0.0633 e.